The molecule has 2 heterocycles. The van der Waals surface area contributed by atoms with E-state index in [-0.39, 0.29) is 6.09 Å². The van der Waals surface area contributed by atoms with Crippen LogP contribution in [0, 0.1) is 5.92 Å². The first-order valence-corrected chi connectivity index (χ1v) is 7.79. The van der Waals surface area contributed by atoms with Gasteiger partial charge < -0.3 is 14.4 Å². The Labute approximate surface area is 135 Å². The van der Waals surface area contributed by atoms with E-state index >= 15 is 0 Å². The minimum atomic E-state index is -0.455. The zero-order valence-corrected chi connectivity index (χ0v) is 14.0. The molecule has 1 aliphatic rings. The Bertz CT molecular complexity index is 494. The fourth-order valence-electron chi connectivity index (χ4n) is 2.18. The highest BCUT2D eigenvalue weighted by Gasteiger charge is 2.27. The number of hydrogen-bond acceptors (Lipinski definition) is 5. The number of rotatable bonds is 3. The number of carbonyl (C=O) groups excluding carboxylic acids is 1. The van der Waals surface area contributed by atoms with E-state index in [9.17, 15) is 4.79 Å². The summed E-state index contributed by atoms with van der Waals surface area (Å²) >= 11 is 5.72. The molecule has 0 unspecified atom stereocenters. The molecule has 1 aromatic heterocycles. The van der Waals surface area contributed by atoms with Crippen LogP contribution in [0.1, 0.15) is 33.6 Å². The molecule has 0 bridgehead atoms. The molecule has 0 spiro atoms. The van der Waals surface area contributed by atoms with Crippen molar-refractivity contribution >= 4 is 17.7 Å². The number of piperidine rings is 1. The predicted molar refractivity (Wildman–Crippen MR) is 83.1 cm³/mol. The Balaban J connectivity index is 1.73. The van der Waals surface area contributed by atoms with Crippen molar-refractivity contribution < 1.29 is 14.3 Å². The van der Waals surface area contributed by atoms with E-state index in [4.69, 9.17) is 21.1 Å². The summed E-state index contributed by atoms with van der Waals surface area (Å²) in [5, 5.41) is 0.484. The van der Waals surface area contributed by atoms with Crippen molar-refractivity contribution in [1.82, 2.24) is 14.9 Å². The van der Waals surface area contributed by atoms with Gasteiger partial charge in [0.15, 0.2) is 0 Å². The average molecular weight is 328 g/mol. The van der Waals surface area contributed by atoms with Crippen molar-refractivity contribution in [2.24, 2.45) is 5.92 Å². The Morgan fingerprint density at radius 2 is 1.91 bits per heavy atom. The van der Waals surface area contributed by atoms with Gasteiger partial charge in [0.2, 0.25) is 0 Å². The molecule has 0 saturated carbocycles. The molecule has 7 heteroatoms. The lowest BCUT2D eigenvalue weighted by atomic mass is 9.98. The highest BCUT2D eigenvalue weighted by molar-refractivity contribution is 6.30. The molecule has 6 nitrogen and oxygen atoms in total. The quantitative estimate of drug-likeness (QED) is 0.853. The summed E-state index contributed by atoms with van der Waals surface area (Å²) in [6.07, 6.45) is 4.54. The van der Waals surface area contributed by atoms with Gasteiger partial charge in [-0.15, -0.1) is 0 Å². The second-order valence-electron chi connectivity index (χ2n) is 6.41. The van der Waals surface area contributed by atoms with Crippen molar-refractivity contribution in [3.8, 4) is 6.01 Å². The molecule has 1 amide bonds. The van der Waals surface area contributed by atoms with Gasteiger partial charge in [0, 0.05) is 13.1 Å². The van der Waals surface area contributed by atoms with Gasteiger partial charge in [0.05, 0.1) is 24.0 Å². The highest BCUT2D eigenvalue weighted by Crippen LogP contribution is 2.20. The van der Waals surface area contributed by atoms with Gasteiger partial charge in [-0.1, -0.05) is 11.6 Å². The molecule has 122 valence electrons. The van der Waals surface area contributed by atoms with Crippen LogP contribution in [-0.2, 0) is 4.74 Å². The first-order chi connectivity index (χ1) is 10.3. The third-order valence-electron chi connectivity index (χ3n) is 3.31. The highest BCUT2D eigenvalue weighted by atomic mass is 35.5. The Morgan fingerprint density at radius 3 is 2.45 bits per heavy atom. The van der Waals surface area contributed by atoms with Crippen LogP contribution in [-0.4, -0.2) is 46.3 Å². The fraction of sp³-hybridized carbons (Fsp3) is 0.667. The molecular weight excluding hydrogens is 306 g/mol. The summed E-state index contributed by atoms with van der Waals surface area (Å²) in [5.74, 6) is 0.387. The van der Waals surface area contributed by atoms with Crippen LogP contribution in [0.3, 0.4) is 0 Å². The molecule has 0 N–H and O–H groups in total. The maximum atomic E-state index is 12.0. The van der Waals surface area contributed by atoms with Gasteiger partial charge in [0.1, 0.15) is 5.60 Å². The Hall–Kier alpha value is -1.56. The second kappa shape index (κ2) is 7.13. The van der Waals surface area contributed by atoms with Gasteiger partial charge in [-0.2, -0.15) is 0 Å². The standard InChI is InChI=1S/C15H22ClN3O3/c1-15(2,3)22-14(20)19-6-4-11(5-7-19)10-21-13-17-8-12(16)9-18-13/h8-9,11H,4-7,10H2,1-3H3. The second-order valence-corrected chi connectivity index (χ2v) is 6.84. The van der Waals surface area contributed by atoms with Crippen LogP contribution in [0.4, 0.5) is 4.79 Å². The SMILES string of the molecule is CC(C)(C)OC(=O)N1CCC(COc2ncc(Cl)cn2)CC1. The molecule has 1 fully saturated rings. The monoisotopic (exact) mass is 327 g/mol. The molecule has 0 aliphatic carbocycles. The molecule has 22 heavy (non-hydrogen) atoms. The van der Waals surface area contributed by atoms with Crippen molar-refractivity contribution in [3.05, 3.63) is 17.4 Å². The minimum absolute atomic E-state index is 0.243. The summed E-state index contributed by atoms with van der Waals surface area (Å²) < 4.78 is 10.9. The molecule has 0 radical (unpaired) electrons. The molecule has 0 atom stereocenters. The maximum absolute atomic E-state index is 12.0. The van der Waals surface area contributed by atoms with Crippen LogP contribution in [0.15, 0.2) is 12.4 Å². The molecule has 1 saturated heterocycles. The van der Waals surface area contributed by atoms with E-state index in [1.54, 1.807) is 4.90 Å². The van der Waals surface area contributed by atoms with Gasteiger partial charge in [-0.3, -0.25) is 0 Å². The van der Waals surface area contributed by atoms with E-state index < -0.39 is 5.60 Å². The smallest absolute Gasteiger partial charge is 0.410 e. The summed E-state index contributed by atoms with van der Waals surface area (Å²) in [4.78, 5) is 21.7. The third-order valence-corrected chi connectivity index (χ3v) is 3.51. The third kappa shape index (κ3) is 5.33. The largest absolute Gasteiger partial charge is 0.463 e. The van der Waals surface area contributed by atoms with E-state index in [0.29, 0.717) is 36.6 Å². The number of carbonyl (C=O) groups is 1. The van der Waals surface area contributed by atoms with Gasteiger partial charge in [-0.25, -0.2) is 14.8 Å². The number of halogens is 1. The Morgan fingerprint density at radius 1 is 1.32 bits per heavy atom. The summed E-state index contributed by atoms with van der Waals surface area (Å²) in [5.41, 5.74) is -0.455. The summed E-state index contributed by atoms with van der Waals surface area (Å²) in [6, 6.07) is 0.332. The lowest BCUT2D eigenvalue weighted by molar-refractivity contribution is 0.0163. The van der Waals surface area contributed by atoms with Gasteiger partial charge in [-0.05, 0) is 39.5 Å². The zero-order chi connectivity index (χ0) is 16.2. The summed E-state index contributed by atoms with van der Waals surface area (Å²) in [6.45, 7) is 7.53. The van der Waals surface area contributed by atoms with E-state index in [0.717, 1.165) is 12.8 Å². The van der Waals surface area contributed by atoms with Crippen LogP contribution >= 0.6 is 11.6 Å². The van der Waals surface area contributed by atoms with Crippen molar-refractivity contribution in [2.45, 2.75) is 39.2 Å². The van der Waals surface area contributed by atoms with Crippen molar-refractivity contribution in [2.75, 3.05) is 19.7 Å². The van der Waals surface area contributed by atoms with Crippen LogP contribution in [0.5, 0.6) is 6.01 Å². The predicted octanol–water partition coefficient (Wildman–Crippen LogP) is 3.16. The van der Waals surface area contributed by atoms with Crippen molar-refractivity contribution in [1.29, 1.82) is 0 Å². The number of ether oxygens (including phenoxy) is 2. The van der Waals surface area contributed by atoms with E-state index in [1.165, 1.54) is 12.4 Å². The number of nitrogens with zero attached hydrogens (tertiary/aromatic N) is 3. The first-order valence-electron chi connectivity index (χ1n) is 7.42. The van der Waals surface area contributed by atoms with Gasteiger partial charge in [0.25, 0.3) is 0 Å². The number of aromatic nitrogens is 2. The van der Waals surface area contributed by atoms with Crippen LogP contribution < -0.4 is 4.74 Å². The van der Waals surface area contributed by atoms with Crippen molar-refractivity contribution in [3.63, 3.8) is 0 Å². The number of likely N-dealkylation sites (tertiary alicyclic amines) is 1. The zero-order valence-electron chi connectivity index (χ0n) is 13.2. The first kappa shape index (κ1) is 16.8. The molecule has 1 aliphatic heterocycles. The molecule has 2 rings (SSSR count). The minimum Gasteiger partial charge on any atom is -0.463 e. The normalized spacial score (nSPS) is 16.5. The number of amides is 1. The maximum Gasteiger partial charge on any atom is 0.410 e. The molecular formula is C15H22ClN3O3. The fourth-order valence-corrected chi connectivity index (χ4v) is 2.27. The van der Waals surface area contributed by atoms with Gasteiger partial charge >= 0.3 is 12.1 Å². The van der Waals surface area contributed by atoms with E-state index in [2.05, 4.69) is 9.97 Å². The average Bonchev–Trinajstić information content (AvgIpc) is 2.45. The Kier molecular flexibility index (Phi) is 5.45. The molecule has 1 aromatic rings. The summed E-state index contributed by atoms with van der Waals surface area (Å²) in [7, 11) is 0. The van der Waals surface area contributed by atoms with Crippen LogP contribution in [0.25, 0.3) is 0 Å². The van der Waals surface area contributed by atoms with E-state index in [1.807, 2.05) is 20.8 Å². The number of hydrogen-bond donors (Lipinski definition) is 0. The molecule has 0 aromatic carbocycles. The topological polar surface area (TPSA) is 64.5 Å². The lowest BCUT2D eigenvalue weighted by Crippen LogP contribution is -2.42. The van der Waals surface area contributed by atoms with Crippen LogP contribution in [0.2, 0.25) is 5.02 Å². The lowest BCUT2D eigenvalue weighted by Gasteiger charge is -2.33.